The van der Waals surface area contributed by atoms with Crippen molar-refractivity contribution in [3.05, 3.63) is 64.8 Å². The smallest absolute Gasteiger partial charge is 0.340 e. The molecule has 0 aliphatic rings. The summed E-state index contributed by atoms with van der Waals surface area (Å²) in [5.74, 6) is 0.573. The van der Waals surface area contributed by atoms with Crippen LogP contribution in [0.3, 0.4) is 0 Å². The van der Waals surface area contributed by atoms with Crippen LogP contribution in [0.2, 0.25) is 5.02 Å². The molecule has 0 radical (unpaired) electrons. The molecule has 3 rings (SSSR count). The Hall–Kier alpha value is -2.82. The Kier molecular flexibility index (Phi) is 8.10. The third kappa shape index (κ3) is 6.09. The maximum Gasteiger partial charge on any atom is 0.340 e. The van der Waals surface area contributed by atoms with E-state index in [-0.39, 0.29) is 18.3 Å². The normalized spacial score (nSPS) is 10.5. The highest BCUT2D eigenvalue weighted by Crippen LogP contribution is 2.25. The van der Waals surface area contributed by atoms with Crippen molar-refractivity contribution in [1.29, 1.82) is 0 Å². The summed E-state index contributed by atoms with van der Waals surface area (Å²) in [5, 5.41) is 14.4. The van der Waals surface area contributed by atoms with Crippen molar-refractivity contribution in [3.8, 4) is 5.75 Å². The second-order valence-electron chi connectivity index (χ2n) is 6.03. The largest absolute Gasteiger partial charge is 0.486 e. The summed E-state index contributed by atoms with van der Waals surface area (Å²) in [4.78, 5) is 24.1. The van der Waals surface area contributed by atoms with E-state index in [0.29, 0.717) is 38.9 Å². The molecule has 0 aliphatic heterocycles. The zero-order chi connectivity index (χ0) is 22.2. The minimum atomic E-state index is -0.500. The number of carbonyl (C=O) groups excluding carboxylic acids is 2. The van der Waals surface area contributed by atoms with Crippen LogP contribution in [0.15, 0.2) is 53.5 Å². The molecule has 3 aromatic rings. The molecule has 8 nitrogen and oxygen atoms in total. The fourth-order valence-electron chi connectivity index (χ4n) is 2.49. The number of aromatic nitrogens is 3. The minimum Gasteiger partial charge on any atom is -0.486 e. The van der Waals surface area contributed by atoms with Gasteiger partial charge in [0.1, 0.15) is 17.4 Å². The third-order valence-corrected chi connectivity index (χ3v) is 5.99. The number of benzene rings is 1. The number of carbonyl (C=O) groups is 2. The Morgan fingerprint density at radius 2 is 2.06 bits per heavy atom. The van der Waals surface area contributed by atoms with Crippen molar-refractivity contribution in [1.82, 2.24) is 14.8 Å². The van der Waals surface area contributed by atoms with E-state index in [0.717, 1.165) is 0 Å². The Bertz CT molecular complexity index is 1070. The lowest BCUT2D eigenvalue weighted by molar-refractivity contribution is -0.113. The quantitative estimate of drug-likeness (QED) is 0.264. The molecule has 2 heterocycles. The first-order valence-corrected chi connectivity index (χ1v) is 11.3. The Morgan fingerprint density at radius 1 is 1.29 bits per heavy atom. The summed E-state index contributed by atoms with van der Waals surface area (Å²) in [5.41, 5.74) is 0.322. The average Bonchev–Trinajstić information content (AvgIpc) is 3.38. The fraction of sp³-hybridized carbons (Fsp3) is 0.200. The molecule has 1 N–H and O–H groups in total. The van der Waals surface area contributed by atoms with Crippen molar-refractivity contribution >= 4 is 51.6 Å². The molecule has 0 saturated carbocycles. The van der Waals surface area contributed by atoms with Crippen LogP contribution < -0.4 is 10.1 Å². The number of amides is 1. The van der Waals surface area contributed by atoms with E-state index in [1.54, 1.807) is 41.8 Å². The van der Waals surface area contributed by atoms with Gasteiger partial charge in [-0.15, -0.1) is 28.1 Å². The molecule has 11 heteroatoms. The lowest BCUT2D eigenvalue weighted by atomic mass is 10.3. The molecular formula is C20H19ClN4O4S2. The summed E-state index contributed by atoms with van der Waals surface area (Å²) in [7, 11) is 1.29. The van der Waals surface area contributed by atoms with E-state index in [2.05, 4.69) is 22.1 Å². The van der Waals surface area contributed by atoms with Crippen LogP contribution in [-0.2, 0) is 22.7 Å². The average molecular weight is 479 g/mol. The molecule has 2 aromatic heterocycles. The van der Waals surface area contributed by atoms with E-state index in [1.807, 2.05) is 4.57 Å². The van der Waals surface area contributed by atoms with Crippen LogP contribution in [0.5, 0.6) is 5.75 Å². The van der Waals surface area contributed by atoms with Crippen molar-refractivity contribution < 1.29 is 19.1 Å². The molecule has 0 saturated heterocycles. The van der Waals surface area contributed by atoms with Gasteiger partial charge < -0.3 is 14.8 Å². The van der Waals surface area contributed by atoms with Crippen molar-refractivity contribution in [3.63, 3.8) is 0 Å². The second-order valence-corrected chi connectivity index (χ2v) is 8.33. The van der Waals surface area contributed by atoms with Gasteiger partial charge in [-0.3, -0.25) is 9.36 Å². The number of halogens is 1. The van der Waals surface area contributed by atoms with Crippen LogP contribution in [0.25, 0.3) is 0 Å². The van der Waals surface area contributed by atoms with Crippen LogP contribution in [0.4, 0.5) is 5.00 Å². The molecule has 31 heavy (non-hydrogen) atoms. The summed E-state index contributed by atoms with van der Waals surface area (Å²) < 4.78 is 12.3. The Labute approximate surface area is 192 Å². The monoisotopic (exact) mass is 478 g/mol. The third-order valence-electron chi connectivity index (χ3n) is 3.94. The molecule has 1 aromatic carbocycles. The number of nitrogens with zero attached hydrogens (tertiary/aromatic N) is 3. The predicted molar refractivity (Wildman–Crippen MR) is 121 cm³/mol. The number of allylic oxidation sites excluding steroid dienone is 1. The summed E-state index contributed by atoms with van der Waals surface area (Å²) >= 11 is 8.36. The van der Waals surface area contributed by atoms with Gasteiger partial charge in [0.25, 0.3) is 0 Å². The number of hydrogen-bond acceptors (Lipinski definition) is 8. The van der Waals surface area contributed by atoms with Gasteiger partial charge in [-0.25, -0.2) is 4.79 Å². The van der Waals surface area contributed by atoms with E-state index in [9.17, 15) is 9.59 Å². The topological polar surface area (TPSA) is 95.3 Å². The zero-order valence-corrected chi connectivity index (χ0v) is 18.9. The summed E-state index contributed by atoms with van der Waals surface area (Å²) in [6.07, 6.45) is 1.72. The van der Waals surface area contributed by atoms with Gasteiger partial charge in [-0.05, 0) is 35.7 Å². The molecule has 0 spiro atoms. The number of hydrogen-bond donors (Lipinski definition) is 1. The minimum absolute atomic E-state index is 0.0891. The molecule has 0 aliphatic carbocycles. The highest BCUT2D eigenvalue weighted by atomic mass is 35.5. The van der Waals surface area contributed by atoms with Crippen molar-refractivity contribution in [2.45, 2.75) is 18.3 Å². The molecule has 0 fully saturated rings. The molecule has 1 amide bonds. The second kappa shape index (κ2) is 11.0. The maximum absolute atomic E-state index is 12.4. The standard InChI is InChI=1S/C20H19ClN4O4S2/c1-3-9-25-16(11-29-14-6-4-13(21)5-7-14)23-24-20(25)31-12-17(26)22-18-15(8-10-30-18)19(27)28-2/h3-8,10H,1,9,11-12H2,2H3,(H,22,26). The van der Waals surface area contributed by atoms with E-state index in [4.69, 9.17) is 21.1 Å². The van der Waals surface area contributed by atoms with Gasteiger partial charge in [-0.2, -0.15) is 0 Å². The molecule has 0 bridgehead atoms. The van der Waals surface area contributed by atoms with Crippen LogP contribution in [-0.4, -0.2) is 39.5 Å². The number of methoxy groups -OCH3 is 1. The lowest BCUT2D eigenvalue weighted by Gasteiger charge is -2.09. The van der Waals surface area contributed by atoms with E-state index >= 15 is 0 Å². The van der Waals surface area contributed by atoms with Crippen LogP contribution in [0.1, 0.15) is 16.2 Å². The summed E-state index contributed by atoms with van der Waals surface area (Å²) in [6.45, 7) is 4.43. The number of nitrogens with one attached hydrogen (secondary N) is 1. The van der Waals surface area contributed by atoms with Crippen molar-refractivity contribution in [2.24, 2.45) is 0 Å². The number of thiophene rings is 1. The van der Waals surface area contributed by atoms with E-state index < -0.39 is 5.97 Å². The van der Waals surface area contributed by atoms with Gasteiger partial charge in [0.15, 0.2) is 11.0 Å². The summed E-state index contributed by atoms with van der Waals surface area (Å²) in [6, 6.07) is 8.62. The van der Waals surface area contributed by atoms with Crippen LogP contribution in [0, 0.1) is 0 Å². The van der Waals surface area contributed by atoms with Gasteiger partial charge in [0, 0.05) is 11.6 Å². The van der Waals surface area contributed by atoms with Gasteiger partial charge in [-0.1, -0.05) is 29.4 Å². The van der Waals surface area contributed by atoms with Crippen molar-refractivity contribution in [2.75, 3.05) is 18.2 Å². The first kappa shape index (κ1) is 22.9. The molecule has 0 unspecified atom stereocenters. The van der Waals surface area contributed by atoms with Gasteiger partial charge in [0.05, 0.1) is 18.4 Å². The SMILES string of the molecule is C=CCn1c(COc2ccc(Cl)cc2)nnc1SCC(=O)Nc1sccc1C(=O)OC. The lowest BCUT2D eigenvalue weighted by Crippen LogP contribution is -2.16. The van der Waals surface area contributed by atoms with Crippen LogP contribution >= 0.6 is 34.7 Å². The van der Waals surface area contributed by atoms with E-state index in [1.165, 1.54) is 30.2 Å². The number of rotatable bonds is 10. The first-order chi connectivity index (χ1) is 15.0. The molecule has 0 atom stereocenters. The molecular weight excluding hydrogens is 460 g/mol. The zero-order valence-electron chi connectivity index (χ0n) is 16.5. The van der Waals surface area contributed by atoms with Gasteiger partial charge in [0.2, 0.25) is 5.91 Å². The number of thioether (sulfide) groups is 1. The molecule has 162 valence electrons. The predicted octanol–water partition coefficient (Wildman–Crippen LogP) is 4.28. The fourth-order valence-corrected chi connectivity index (χ4v) is 4.18. The number of anilines is 1. The highest BCUT2D eigenvalue weighted by Gasteiger charge is 2.17. The highest BCUT2D eigenvalue weighted by molar-refractivity contribution is 7.99. The van der Waals surface area contributed by atoms with Gasteiger partial charge >= 0.3 is 5.97 Å². The number of ether oxygens (including phenoxy) is 2. The Morgan fingerprint density at radius 3 is 2.77 bits per heavy atom. The number of esters is 1. The first-order valence-electron chi connectivity index (χ1n) is 9.01. The maximum atomic E-state index is 12.4. The Balaban J connectivity index is 1.61.